The van der Waals surface area contributed by atoms with Crippen LogP contribution in [-0.2, 0) is 0 Å². The number of methoxy groups -OCH3 is 1. The highest BCUT2D eigenvalue weighted by atomic mass is 32.1. The van der Waals surface area contributed by atoms with Crippen molar-refractivity contribution in [3.8, 4) is 22.7 Å². The molecule has 6 rings (SSSR count). The lowest BCUT2D eigenvalue weighted by Gasteiger charge is -2.04. The highest BCUT2D eigenvalue weighted by Gasteiger charge is 2.15. The number of hydrogen-bond acceptors (Lipinski definition) is 7. The van der Waals surface area contributed by atoms with Crippen molar-refractivity contribution in [2.75, 3.05) is 7.11 Å². The Labute approximate surface area is 218 Å². The second kappa shape index (κ2) is 9.57. The number of fused-ring (bicyclic) bond motifs is 1. The van der Waals surface area contributed by atoms with Crippen LogP contribution in [0.1, 0.15) is 16.3 Å². The molecule has 7 nitrogen and oxygen atoms in total. The van der Waals surface area contributed by atoms with E-state index in [1.165, 1.54) is 29.0 Å². The van der Waals surface area contributed by atoms with Gasteiger partial charge in [0.1, 0.15) is 5.69 Å². The summed E-state index contributed by atoms with van der Waals surface area (Å²) in [5, 5.41) is 11.1. The van der Waals surface area contributed by atoms with Gasteiger partial charge in [0.15, 0.2) is 17.4 Å². The van der Waals surface area contributed by atoms with Gasteiger partial charge in [0.2, 0.25) is 4.96 Å². The van der Waals surface area contributed by atoms with Crippen LogP contribution in [0.3, 0.4) is 0 Å². The smallest absolute Gasteiger partial charge is 0.291 e. The molecule has 0 spiro atoms. The van der Waals surface area contributed by atoms with Crippen molar-refractivity contribution in [1.29, 1.82) is 0 Å². The van der Waals surface area contributed by atoms with E-state index in [4.69, 9.17) is 9.84 Å². The Hall–Kier alpha value is -4.41. The second-order valence-electron chi connectivity index (χ2n) is 7.99. The van der Waals surface area contributed by atoms with Crippen molar-refractivity contribution in [2.24, 2.45) is 0 Å². The molecule has 0 aliphatic carbocycles. The van der Waals surface area contributed by atoms with Crippen LogP contribution in [0, 0.1) is 5.82 Å². The van der Waals surface area contributed by atoms with Crippen LogP contribution in [0.15, 0.2) is 77.0 Å². The summed E-state index contributed by atoms with van der Waals surface area (Å²) in [5.74, 6) is 0.120. The van der Waals surface area contributed by atoms with Gasteiger partial charge in [-0.15, -0.1) is 16.4 Å². The Balaban J connectivity index is 1.45. The van der Waals surface area contributed by atoms with Crippen molar-refractivity contribution < 1.29 is 9.13 Å². The third-order valence-corrected chi connectivity index (χ3v) is 7.41. The molecule has 0 saturated heterocycles. The predicted octanol–water partition coefficient (Wildman–Crippen LogP) is 4.93. The fraction of sp³-hybridized carbons (Fsp3) is 0.0370. The second-order valence-corrected chi connectivity index (χ2v) is 9.98. The van der Waals surface area contributed by atoms with Gasteiger partial charge in [0.05, 0.1) is 17.3 Å². The van der Waals surface area contributed by atoms with E-state index in [0.717, 1.165) is 10.6 Å². The van der Waals surface area contributed by atoms with Crippen LogP contribution in [-0.4, -0.2) is 31.5 Å². The van der Waals surface area contributed by atoms with E-state index in [-0.39, 0.29) is 11.3 Å². The molecule has 0 N–H and O–H groups in total. The number of aromatic nitrogens is 5. The number of ether oxygens (including phenoxy) is 1. The largest absolute Gasteiger partial charge is 0.494 e. The lowest BCUT2D eigenvalue weighted by atomic mass is 10.1. The van der Waals surface area contributed by atoms with Crippen LogP contribution in [0.5, 0.6) is 5.75 Å². The molecule has 0 atom stereocenters. The maximum Gasteiger partial charge on any atom is 0.291 e. The standard InChI is InChI=1S/C27H18FN5O2S2/c1-35-22-11-9-17(14-21(22)28)25-18(16-32(31-25)19-6-3-2-4-7-19)15-23-26(34)33-27(37-23)29-24(30-33)12-10-20-8-5-13-36-20/h2-16H,1H3/b12-10+,23-15-. The zero-order valence-corrected chi connectivity index (χ0v) is 21.0. The van der Waals surface area contributed by atoms with Gasteiger partial charge in [-0.25, -0.2) is 9.07 Å². The van der Waals surface area contributed by atoms with Gasteiger partial charge >= 0.3 is 0 Å². The summed E-state index contributed by atoms with van der Waals surface area (Å²) in [6, 6.07) is 18.2. The minimum Gasteiger partial charge on any atom is -0.494 e. The maximum absolute atomic E-state index is 14.5. The Bertz CT molecular complexity index is 1850. The first kappa shape index (κ1) is 23.0. The van der Waals surface area contributed by atoms with Crippen LogP contribution >= 0.6 is 22.7 Å². The molecule has 182 valence electrons. The van der Waals surface area contributed by atoms with Gasteiger partial charge in [-0.05, 0) is 60.0 Å². The van der Waals surface area contributed by atoms with E-state index in [1.807, 2.05) is 60.1 Å². The highest BCUT2D eigenvalue weighted by molar-refractivity contribution is 7.15. The van der Waals surface area contributed by atoms with Crippen LogP contribution in [0.25, 0.3) is 40.1 Å². The Morgan fingerprint density at radius 1 is 1.03 bits per heavy atom. The van der Waals surface area contributed by atoms with E-state index in [1.54, 1.807) is 40.3 Å². The third kappa shape index (κ3) is 4.48. The molecule has 0 aliphatic rings. The number of para-hydroxylation sites is 1. The first-order valence-electron chi connectivity index (χ1n) is 11.2. The lowest BCUT2D eigenvalue weighted by molar-refractivity contribution is 0.386. The van der Waals surface area contributed by atoms with Crippen LogP contribution in [0.4, 0.5) is 4.39 Å². The SMILES string of the molecule is COc1ccc(-c2nn(-c3ccccc3)cc2/C=c2\sc3nc(/C=C/c4cccs4)nn3c2=O)cc1F. The van der Waals surface area contributed by atoms with Crippen molar-refractivity contribution in [3.05, 3.63) is 109 Å². The first-order valence-corrected chi connectivity index (χ1v) is 12.9. The van der Waals surface area contributed by atoms with Crippen molar-refractivity contribution in [3.63, 3.8) is 0 Å². The molecule has 0 amide bonds. The minimum atomic E-state index is -0.494. The number of halogens is 1. The van der Waals surface area contributed by atoms with Gasteiger partial charge in [-0.2, -0.15) is 14.6 Å². The average Bonchev–Trinajstić information content (AvgIpc) is 3.70. The molecule has 10 heteroatoms. The van der Waals surface area contributed by atoms with E-state index in [2.05, 4.69) is 10.1 Å². The van der Waals surface area contributed by atoms with Gasteiger partial charge < -0.3 is 4.74 Å². The number of thiazole rings is 1. The summed E-state index contributed by atoms with van der Waals surface area (Å²) >= 11 is 2.85. The van der Waals surface area contributed by atoms with E-state index < -0.39 is 5.82 Å². The van der Waals surface area contributed by atoms with E-state index in [0.29, 0.717) is 32.1 Å². The first-order chi connectivity index (χ1) is 18.1. The Morgan fingerprint density at radius 3 is 2.62 bits per heavy atom. The monoisotopic (exact) mass is 527 g/mol. The van der Waals surface area contributed by atoms with Crippen LogP contribution in [0.2, 0.25) is 0 Å². The molecule has 37 heavy (non-hydrogen) atoms. The highest BCUT2D eigenvalue weighted by Crippen LogP contribution is 2.28. The molecule has 0 bridgehead atoms. The number of hydrogen-bond donors (Lipinski definition) is 0. The summed E-state index contributed by atoms with van der Waals surface area (Å²) in [6.07, 6.45) is 7.26. The normalized spacial score (nSPS) is 12.2. The topological polar surface area (TPSA) is 74.3 Å². The number of thiophene rings is 1. The maximum atomic E-state index is 14.5. The van der Waals surface area contributed by atoms with Crippen molar-refractivity contribution >= 4 is 45.9 Å². The fourth-order valence-corrected chi connectivity index (χ4v) is 5.37. The molecule has 6 aromatic rings. The molecule has 0 saturated carbocycles. The quantitative estimate of drug-likeness (QED) is 0.307. The molecule has 4 heterocycles. The molecule has 0 aliphatic heterocycles. The molecule has 4 aromatic heterocycles. The molecular formula is C27H18FN5O2S2. The van der Waals surface area contributed by atoms with Gasteiger partial charge in [-0.3, -0.25) is 4.79 Å². The third-order valence-electron chi connectivity index (χ3n) is 5.61. The predicted molar refractivity (Wildman–Crippen MR) is 145 cm³/mol. The Kier molecular flexibility index (Phi) is 5.95. The molecule has 0 unspecified atom stereocenters. The molecule has 0 fully saturated rings. The zero-order chi connectivity index (χ0) is 25.4. The van der Waals surface area contributed by atoms with Gasteiger partial charge in [0.25, 0.3) is 5.56 Å². The molecular weight excluding hydrogens is 509 g/mol. The fourth-order valence-electron chi connectivity index (χ4n) is 3.85. The number of nitrogens with zero attached hydrogens (tertiary/aromatic N) is 5. The average molecular weight is 528 g/mol. The van der Waals surface area contributed by atoms with Crippen LogP contribution < -0.4 is 14.8 Å². The lowest BCUT2D eigenvalue weighted by Crippen LogP contribution is -2.23. The van der Waals surface area contributed by atoms with Crippen molar-refractivity contribution in [1.82, 2.24) is 24.4 Å². The Morgan fingerprint density at radius 2 is 1.89 bits per heavy atom. The van der Waals surface area contributed by atoms with E-state index >= 15 is 0 Å². The zero-order valence-electron chi connectivity index (χ0n) is 19.4. The van der Waals surface area contributed by atoms with Crippen molar-refractivity contribution in [2.45, 2.75) is 0 Å². The number of rotatable bonds is 6. The van der Waals surface area contributed by atoms with Gasteiger partial charge in [0, 0.05) is 22.2 Å². The summed E-state index contributed by atoms with van der Waals surface area (Å²) in [6.45, 7) is 0. The summed E-state index contributed by atoms with van der Waals surface area (Å²) in [7, 11) is 1.42. The summed E-state index contributed by atoms with van der Waals surface area (Å²) in [4.78, 5) is 19.2. The number of benzene rings is 2. The molecule has 2 aromatic carbocycles. The van der Waals surface area contributed by atoms with Gasteiger partial charge in [-0.1, -0.05) is 35.6 Å². The molecule has 0 radical (unpaired) electrons. The summed E-state index contributed by atoms with van der Waals surface area (Å²) in [5.41, 5.74) is 2.32. The minimum absolute atomic E-state index is 0.146. The summed E-state index contributed by atoms with van der Waals surface area (Å²) < 4.78 is 23.1. The van der Waals surface area contributed by atoms with E-state index in [9.17, 15) is 9.18 Å².